The van der Waals surface area contributed by atoms with Crippen molar-refractivity contribution in [1.29, 1.82) is 0 Å². The number of rotatable bonds is 7. The van der Waals surface area contributed by atoms with Gasteiger partial charge >= 0.3 is 0 Å². The fourth-order valence-electron chi connectivity index (χ4n) is 3.76. The number of benzene rings is 2. The van der Waals surface area contributed by atoms with Crippen LogP contribution in [0.4, 0.5) is 5.95 Å². The Hall–Kier alpha value is -3.44. The van der Waals surface area contributed by atoms with Gasteiger partial charge in [0.05, 0.1) is 24.7 Å². The zero-order valence-electron chi connectivity index (χ0n) is 19.2. The number of carbonyl (C=O) groups is 1. The first-order valence-corrected chi connectivity index (χ1v) is 12.3. The summed E-state index contributed by atoms with van der Waals surface area (Å²) in [6.45, 7) is 3.15. The van der Waals surface area contributed by atoms with E-state index in [4.69, 9.17) is 9.47 Å². The van der Waals surface area contributed by atoms with E-state index in [0.717, 1.165) is 12.8 Å². The smallest absolute Gasteiger partial charge is 0.258 e. The van der Waals surface area contributed by atoms with Crippen molar-refractivity contribution in [1.82, 2.24) is 19.5 Å². The number of carbonyl (C=O) groups excluding carboxylic acids is 1. The number of sulfonamides is 1. The van der Waals surface area contributed by atoms with Gasteiger partial charge in [0, 0.05) is 24.7 Å². The van der Waals surface area contributed by atoms with E-state index in [0.29, 0.717) is 47.5 Å². The summed E-state index contributed by atoms with van der Waals surface area (Å²) in [6.07, 6.45) is 1.70. The van der Waals surface area contributed by atoms with Crippen molar-refractivity contribution in [2.75, 3.05) is 32.6 Å². The Labute approximate surface area is 198 Å². The van der Waals surface area contributed by atoms with Gasteiger partial charge in [-0.1, -0.05) is 6.92 Å². The topological polar surface area (TPSA) is 127 Å². The fourth-order valence-corrected chi connectivity index (χ4v) is 5.23. The van der Waals surface area contributed by atoms with E-state index in [9.17, 15) is 13.2 Å². The zero-order chi connectivity index (χ0) is 24.3. The summed E-state index contributed by atoms with van der Waals surface area (Å²) >= 11 is 0. The Morgan fingerprint density at radius 2 is 1.79 bits per heavy atom. The molecule has 1 aromatic heterocycles. The van der Waals surface area contributed by atoms with Crippen LogP contribution in [0.1, 0.15) is 30.1 Å². The van der Waals surface area contributed by atoms with Crippen LogP contribution in [-0.4, -0.2) is 61.1 Å². The Bertz CT molecular complexity index is 1270. The van der Waals surface area contributed by atoms with Crippen LogP contribution in [-0.2, 0) is 10.0 Å². The second-order valence-corrected chi connectivity index (χ2v) is 10.1. The van der Waals surface area contributed by atoms with Gasteiger partial charge in [-0.3, -0.25) is 15.2 Å². The lowest BCUT2D eigenvalue weighted by atomic mass is 10.0. The van der Waals surface area contributed by atoms with Gasteiger partial charge < -0.3 is 9.47 Å². The summed E-state index contributed by atoms with van der Waals surface area (Å²) in [4.78, 5) is 17.1. The van der Waals surface area contributed by atoms with Crippen LogP contribution >= 0.6 is 0 Å². The number of piperidine rings is 1. The predicted molar refractivity (Wildman–Crippen MR) is 126 cm³/mol. The molecule has 4 rings (SSSR count). The van der Waals surface area contributed by atoms with Crippen molar-refractivity contribution in [3.05, 3.63) is 48.0 Å². The minimum Gasteiger partial charge on any atom is -0.497 e. The SMILES string of the molecule is COc1ccc(-c2nc(NC(=O)c3ccc(S(=O)(=O)N4CCC(C)CC4)cc3)n[nH]2)c(OC)c1. The van der Waals surface area contributed by atoms with Gasteiger partial charge in [-0.05, 0) is 55.2 Å². The third-order valence-electron chi connectivity index (χ3n) is 5.87. The van der Waals surface area contributed by atoms with Gasteiger partial charge in [-0.2, -0.15) is 9.29 Å². The number of H-pyrrole nitrogens is 1. The number of methoxy groups -OCH3 is 2. The van der Waals surface area contributed by atoms with Crippen LogP contribution in [0.5, 0.6) is 11.5 Å². The number of ether oxygens (including phenoxy) is 2. The lowest BCUT2D eigenvalue weighted by molar-refractivity contribution is 0.102. The molecule has 2 heterocycles. The molecule has 1 aliphatic heterocycles. The molecule has 3 aromatic rings. The molecule has 1 saturated heterocycles. The molecule has 180 valence electrons. The molecule has 0 bridgehead atoms. The molecular weight excluding hydrogens is 458 g/mol. The number of nitrogens with one attached hydrogen (secondary N) is 2. The molecule has 1 amide bonds. The Morgan fingerprint density at radius 3 is 2.44 bits per heavy atom. The molecule has 0 aliphatic carbocycles. The first-order chi connectivity index (χ1) is 16.3. The molecule has 10 nitrogen and oxygen atoms in total. The molecule has 11 heteroatoms. The van der Waals surface area contributed by atoms with Crippen LogP contribution in [0, 0.1) is 5.92 Å². The highest BCUT2D eigenvalue weighted by atomic mass is 32.2. The normalized spacial score (nSPS) is 15.1. The maximum absolute atomic E-state index is 12.9. The number of amides is 1. The first-order valence-electron chi connectivity index (χ1n) is 10.9. The summed E-state index contributed by atoms with van der Waals surface area (Å²) in [5.74, 6) is 1.73. The molecule has 1 aliphatic rings. The van der Waals surface area contributed by atoms with Crippen LogP contribution in [0.25, 0.3) is 11.4 Å². The lowest BCUT2D eigenvalue weighted by Gasteiger charge is -2.29. The minimum absolute atomic E-state index is 0.0806. The van der Waals surface area contributed by atoms with E-state index in [1.54, 1.807) is 25.3 Å². The zero-order valence-corrected chi connectivity index (χ0v) is 20.1. The van der Waals surface area contributed by atoms with Gasteiger partial charge in [0.1, 0.15) is 11.5 Å². The van der Waals surface area contributed by atoms with Gasteiger partial charge in [0.15, 0.2) is 5.82 Å². The van der Waals surface area contributed by atoms with Crippen molar-refractivity contribution in [3.8, 4) is 22.9 Å². The highest BCUT2D eigenvalue weighted by Crippen LogP contribution is 2.31. The van der Waals surface area contributed by atoms with Crippen LogP contribution in [0.3, 0.4) is 0 Å². The molecule has 0 saturated carbocycles. The number of aromatic nitrogens is 3. The van der Waals surface area contributed by atoms with Crippen LogP contribution < -0.4 is 14.8 Å². The van der Waals surface area contributed by atoms with Gasteiger partial charge in [-0.25, -0.2) is 8.42 Å². The molecule has 2 aromatic carbocycles. The Kier molecular flexibility index (Phi) is 6.85. The van der Waals surface area contributed by atoms with Crippen molar-refractivity contribution in [3.63, 3.8) is 0 Å². The lowest BCUT2D eigenvalue weighted by Crippen LogP contribution is -2.37. The maximum Gasteiger partial charge on any atom is 0.258 e. The van der Waals surface area contributed by atoms with Gasteiger partial charge in [0.2, 0.25) is 16.0 Å². The quantitative estimate of drug-likeness (QED) is 0.526. The number of hydrogen-bond acceptors (Lipinski definition) is 7. The van der Waals surface area contributed by atoms with E-state index in [2.05, 4.69) is 27.4 Å². The number of anilines is 1. The van der Waals surface area contributed by atoms with Crippen molar-refractivity contribution in [2.45, 2.75) is 24.7 Å². The summed E-state index contributed by atoms with van der Waals surface area (Å²) in [6, 6.07) is 11.1. The highest BCUT2D eigenvalue weighted by molar-refractivity contribution is 7.89. The molecule has 0 atom stereocenters. The molecular formula is C23H27N5O5S. The number of nitrogens with zero attached hydrogens (tertiary/aromatic N) is 3. The largest absolute Gasteiger partial charge is 0.497 e. The van der Waals surface area contributed by atoms with Gasteiger partial charge in [0.25, 0.3) is 5.91 Å². The number of aromatic amines is 1. The molecule has 0 unspecified atom stereocenters. The average Bonchev–Trinajstić information content (AvgIpc) is 3.32. The van der Waals surface area contributed by atoms with E-state index in [1.807, 2.05) is 0 Å². The molecule has 34 heavy (non-hydrogen) atoms. The molecule has 2 N–H and O–H groups in total. The van der Waals surface area contributed by atoms with Crippen LogP contribution in [0.15, 0.2) is 47.4 Å². The van der Waals surface area contributed by atoms with Gasteiger partial charge in [-0.15, -0.1) is 5.10 Å². The Morgan fingerprint density at radius 1 is 1.09 bits per heavy atom. The second-order valence-electron chi connectivity index (χ2n) is 8.14. The van der Waals surface area contributed by atoms with Crippen molar-refractivity contribution >= 4 is 21.9 Å². The fraction of sp³-hybridized carbons (Fsp3) is 0.348. The first kappa shape index (κ1) is 23.7. The maximum atomic E-state index is 12.9. The number of hydrogen-bond donors (Lipinski definition) is 2. The predicted octanol–water partition coefficient (Wildman–Crippen LogP) is 3.16. The van der Waals surface area contributed by atoms with E-state index in [-0.39, 0.29) is 10.8 Å². The third kappa shape index (κ3) is 4.90. The summed E-state index contributed by atoms with van der Waals surface area (Å²) in [5.41, 5.74) is 0.942. The standard InChI is InChI=1S/C23H27N5O5S/c1-15-10-12-28(13-11-15)34(30,31)18-7-4-16(5-8-18)22(29)25-23-24-21(26-27-23)19-9-6-17(32-2)14-20(19)33-3/h4-9,14-15H,10-13H2,1-3H3,(H2,24,25,26,27,29). The Balaban J connectivity index is 1.45. The van der Waals surface area contributed by atoms with E-state index < -0.39 is 15.9 Å². The highest BCUT2D eigenvalue weighted by Gasteiger charge is 2.28. The van der Waals surface area contributed by atoms with E-state index in [1.165, 1.54) is 35.7 Å². The van der Waals surface area contributed by atoms with Crippen molar-refractivity contribution < 1.29 is 22.7 Å². The summed E-state index contributed by atoms with van der Waals surface area (Å²) < 4.78 is 37.8. The summed E-state index contributed by atoms with van der Waals surface area (Å²) in [5, 5.41) is 9.44. The van der Waals surface area contributed by atoms with Crippen molar-refractivity contribution in [2.24, 2.45) is 5.92 Å². The minimum atomic E-state index is -3.57. The monoisotopic (exact) mass is 485 g/mol. The second kappa shape index (κ2) is 9.82. The van der Waals surface area contributed by atoms with E-state index >= 15 is 0 Å². The molecule has 0 spiro atoms. The summed E-state index contributed by atoms with van der Waals surface area (Å²) in [7, 11) is -0.478. The van der Waals surface area contributed by atoms with Crippen LogP contribution in [0.2, 0.25) is 0 Å². The third-order valence-corrected chi connectivity index (χ3v) is 7.78. The average molecular weight is 486 g/mol. The molecule has 1 fully saturated rings. The molecule has 0 radical (unpaired) electrons.